The molecule has 2 aromatic carbocycles. The van der Waals surface area contributed by atoms with Crippen LogP contribution >= 0.6 is 11.6 Å². The Morgan fingerprint density at radius 3 is 2.76 bits per heavy atom. The van der Waals surface area contributed by atoms with Crippen LogP contribution in [0.15, 0.2) is 48.5 Å². The molecule has 0 bridgehead atoms. The highest BCUT2D eigenvalue weighted by Crippen LogP contribution is 2.34. The Morgan fingerprint density at radius 2 is 2.05 bits per heavy atom. The quantitative estimate of drug-likeness (QED) is 0.863. The van der Waals surface area contributed by atoms with E-state index in [0.29, 0.717) is 27.6 Å². The molecule has 0 aliphatic rings. The molecule has 21 heavy (non-hydrogen) atoms. The second-order valence-electron chi connectivity index (χ2n) is 4.07. The normalized spacial score (nSPS) is 10.3. The average molecular weight is 300 g/mol. The van der Waals surface area contributed by atoms with Gasteiger partial charge in [0.15, 0.2) is 5.75 Å². The van der Waals surface area contributed by atoms with Crippen LogP contribution in [0, 0.1) is 11.3 Å². The number of nitriles is 1. The topological polar surface area (TPSA) is 70.3 Å². The number of ether oxygens (including phenoxy) is 1. The summed E-state index contributed by atoms with van der Waals surface area (Å²) in [6.07, 6.45) is 2.40. The third-order valence-corrected chi connectivity index (χ3v) is 2.88. The van der Waals surface area contributed by atoms with E-state index in [2.05, 4.69) is 0 Å². The maximum Gasteiger partial charge on any atom is 0.328 e. The lowest BCUT2D eigenvalue weighted by atomic mass is 10.2. The smallest absolute Gasteiger partial charge is 0.328 e. The van der Waals surface area contributed by atoms with Gasteiger partial charge in [-0.1, -0.05) is 29.8 Å². The molecule has 2 rings (SSSR count). The fourth-order valence-corrected chi connectivity index (χ4v) is 1.89. The van der Waals surface area contributed by atoms with E-state index < -0.39 is 5.97 Å². The molecule has 5 heteroatoms. The zero-order chi connectivity index (χ0) is 15.2. The molecular formula is C16H10ClNO3. The summed E-state index contributed by atoms with van der Waals surface area (Å²) >= 11 is 6.10. The van der Waals surface area contributed by atoms with Crippen molar-refractivity contribution in [3.05, 3.63) is 64.7 Å². The number of aliphatic carboxylic acids is 1. The van der Waals surface area contributed by atoms with Crippen molar-refractivity contribution in [3.8, 4) is 17.6 Å². The van der Waals surface area contributed by atoms with Crippen LogP contribution in [0.3, 0.4) is 0 Å². The van der Waals surface area contributed by atoms with Crippen LogP contribution in [0.4, 0.5) is 0 Å². The van der Waals surface area contributed by atoms with Gasteiger partial charge in [0.2, 0.25) is 0 Å². The summed E-state index contributed by atoms with van der Waals surface area (Å²) < 4.78 is 5.69. The minimum Gasteiger partial charge on any atom is -0.478 e. The number of nitrogens with zero attached hydrogens (tertiary/aromatic N) is 1. The summed E-state index contributed by atoms with van der Waals surface area (Å²) in [5.74, 6) is -0.272. The maximum absolute atomic E-state index is 10.6. The van der Waals surface area contributed by atoms with Gasteiger partial charge in [-0.25, -0.2) is 4.79 Å². The summed E-state index contributed by atoms with van der Waals surface area (Å²) in [4.78, 5) is 10.6. The number of carbonyl (C=O) groups is 1. The van der Waals surface area contributed by atoms with Crippen molar-refractivity contribution in [3.63, 3.8) is 0 Å². The SMILES string of the molecule is N#Cc1cccc(Oc2c(Cl)cccc2/C=C/C(=O)O)c1. The first-order valence-corrected chi connectivity index (χ1v) is 6.35. The highest BCUT2D eigenvalue weighted by molar-refractivity contribution is 6.32. The molecule has 0 unspecified atom stereocenters. The molecule has 0 atom stereocenters. The van der Waals surface area contributed by atoms with Crippen LogP contribution in [0.25, 0.3) is 6.08 Å². The molecule has 0 radical (unpaired) electrons. The van der Waals surface area contributed by atoms with Crippen LogP contribution in [0.1, 0.15) is 11.1 Å². The number of carboxylic acids is 1. The molecule has 0 aromatic heterocycles. The van der Waals surface area contributed by atoms with Gasteiger partial charge in [-0.2, -0.15) is 5.26 Å². The number of hydrogen-bond acceptors (Lipinski definition) is 3. The minimum absolute atomic E-state index is 0.340. The summed E-state index contributed by atoms with van der Waals surface area (Å²) in [5, 5.41) is 17.9. The second kappa shape index (κ2) is 6.60. The van der Waals surface area contributed by atoms with Crippen molar-refractivity contribution in [2.24, 2.45) is 0 Å². The van der Waals surface area contributed by atoms with E-state index in [4.69, 9.17) is 26.7 Å². The highest BCUT2D eigenvalue weighted by atomic mass is 35.5. The first-order chi connectivity index (χ1) is 10.1. The van der Waals surface area contributed by atoms with E-state index in [1.54, 1.807) is 42.5 Å². The molecule has 0 heterocycles. The van der Waals surface area contributed by atoms with Crippen molar-refractivity contribution in [2.75, 3.05) is 0 Å². The Morgan fingerprint density at radius 1 is 1.29 bits per heavy atom. The van der Waals surface area contributed by atoms with Gasteiger partial charge in [0.05, 0.1) is 16.7 Å². The van der Waals surface area contributed by atoms with E-state index >= 15 is 0 Å². The van der Waals surface area contributed by atoms with Gasteiger partial charge in [0.25, 0.3) is 0 Å². The van der Waals surface area contributed by atoms with E-state index in [-0.39, 0.29) is 0 Å². The zero-order valence-electron chi connectivity index (χ0n) is 10.8. The van der Waals surface area contributed by atoms with Gasteiger partial charge in [-0.3, -0.25) is 0 Å². The first-order valence-electron chi connectivity index (χ1n) is 5.97. The summed E-state index contributed by atoms with van der Waals surface area (Å²) in [6, 6.07) is 13.7. The van der Waals surface area contributed by atoms with E-state index in [9.17, 15) is 4.79 Å². The number of halogens is 1. The molecule has 104 valence electrons. The van der Waals surface area contributed by atoms with Crippen LogP contribution in [0.2, 0.25) is 5.02 Å². The lowest BCUT2D eigenvalue weighted by molar-refractivity contribution is -0.131. The molecule has 0 aliphatic heterocycles. The van der Waals surface area contributed by atoms with E-state index in [1.165, 1.54) is 6.08 Å². The lowest BCUT2D eigenvalue weighted by Gasteiger charge is -2.10. The second-order valence-corrected chi connectivity index (χ2v) is 4.48. The number of benzene rings is 2. The largest absolute Gasteiger partial charge is 0.478 e. The fourth-order valence-electron chi connectivity index (χ4n) is 1.67. The van der Waals surface area contributed by atoms with Gasteiger partial charge in [-0.15, -0.1) is 0 Å². The molecule has 0 aliphatic carbocycles. The Bertz CT molecular complexity index is 747. The van der Waals surface area contributed by atoms with Gasteiger partial charge in [0, 0.05) is 11.6 Å². The monoisotopic (exact) mass is 299 g/mol. The van der Waals surface area contributed by atoms with Gasteiger partial charge >= 0.3 is 5.97 Å². The number of hydrogen-bond donors (Lipinski definition) is 1. The summed E-state index contributed by atoms with van der Waals surface area (Å²) in [7, 11) is 0. The van der Waals surface area contributed by atoms with Crippen LogP contribution in [-0.2, 0) is 4.79 Å². The third-order valence-electron chi connectivity index (χ3n) is 2.59. The lowest BCUT2D eigenvalue weighted by Crippen LogP contribution is -1.91. The first kappa shape index (κ1) is 14.6. The number of rotatable bonds is 4. The van der Waals surface area contributed by atoms with Crippen LogP contribution in [-0.4, -0.2) is 11.1 Å². The molecule has 1 N–H and O–H groups in total. The fraction of sp³-hybridized carbons (Fsp3) is 0. The highest BCUT2D eigenvalue weighted by Gasteiger charge is 2.08. The molecule has 2 aromatic rings. The average Bonchev–Trinajstić information content (AvgIpc) is 2.48. The van der Waals surface area contributed by atoms with Crippen molar-refractivity contribution in [2.45, 2.75) is 0 Å². The number of carboxylic acid groups (broad SMARTS) is 1. The van der Waals surface area contributed by atoms with Crippen LogP contribution < -0.4 is 4.74 Å². The Labute approximate surface area is 126 Å². The molecule has 0 saturated heterocycles. The molecule has 0 fully saturated rings. The van der Waals surface area contributed by atoms with Crippen molar-refractivity contribution >= 4 is 23.6 Å². The van der Waals surface area contributed by atoms with Crippen molar-refractivity contribution < 1.29 is 14.6 Å². The van der Waals surface area contributed by atoms with Gasteiger partial charge in [-0.05, 0) is 30.3 Å². The predicted octanol–water partition coefficient (Wildman–Crippen LogP) is 4.10. The Hall–Kier alpha value is -2.77. The van der Waals surface area contributed by atoms with E-state index in [1.807, 2.05) is 6.07 Å². The number of para-hydroxylation sites is 1. The summed E-state index contributed by atoms with van der Waals surface area (Å²) in [5.41, 5.74) is 0.995. The third kappa shape index (κ3) is 3.85. The Balaban J connectivity index is 2.39. The maximum atomic E-state index is 10.6. The molecule has 0 spiro atoms. The van der Waals surface area contributed by atoms with Crippen molar-refractivity contribution in [1.29, 1.82) is 5.26 Å². The van der Waals surface area contributed by atoms with Crippen molar-refractivity contribution in [1.82, 2.24) is 0 Å². The summed E-state index contributed by atoms with van der Waals surface area (Å²) in [6.45, 7) is 0. The Kier molecular flexibility index (Phi) is 4.60. The van der Waals surface area contributed by atoms with Crippen LogP contribution in [0.5, 0.6) is 11.5 Å². The molecule has 0 saturated carbocycles. The van der Waals surface area contributed by atoms with Gasteiger partial charge in [0.1, 0.15) is 5.75 Å². The molecule has 0 amide bonds. The molecule has 4 nitrogen and oxygen atoms in total. The minimum atomic E-state index is -1.06. The molecular weight excluding hydrogens is 290 g/mol. The predicted molar refractivity (Wildman–Crippen MR) is 79.4 cm³/mol. The van der Waals surface area contributed by atoms with Gasteiger partial charge < -0.3 is 9.84 Å². The zero-order valence-corrected chi connectivity index (χ0v) is 11.5. The van der Waals surface area contributed by atoms with E-state index in [0.717, 1.165) is 6.08 Å². The standard InChI is InChI=1S/C16H10ClNO3/c17-14-6-2-4-12(7-8-15(19)20)16(14)21-13-5-1-3-11(9-13)10-18/h1-9H,(H,19,20)/b8-7+.